The van der Waals surface area contributed by atoms with E-state index in [1.165, 1.54) is 24.3 Å². The van der Waals surface area contributed by atoms with Gasteiger partial charge in [0.1, 0.15) is 0 Å². The fraction of sp³-hybridized carbons (Fsp3) is 0.621. The van der Waals surface area contributed by atoms with Crippen LogP contribution >= 0.6 is 0 Å². The number of benzene rings is 2. The van der Waals surface area contributed by atoms with E-state index in [1.807, 2.05) is 52.0 Å². The Morgan fingerprint density at radius 2 is 0.887 bits per heavy atom. The standard InChI is InChI=1S/2C24H38F2NO3.2C5H5.Ti/c2*1-5-7-15-29-17-18-30-16-14-27(23(28)24(3,4)12-6-2)13-8-9-20-10-11-21(25)19-22(20)26;2*1-2-4-5-3-1;/h2*10-11H,5-9,12-18H2,1-4H3;2*1-3H,4H2;/q4*-1;+4. The molecule has 0 saturated heterocycles. The molecule has 0 saturated carbocycles. The van der Waals surface area contributed by atoms with Crippen LogP contribution in [0.25, 0.3) is 0 Å². The molecule has 2 aliphatic carbocycles. The number of carbonyl (C=O) groups is 2. The predicted octanol–water partition coefficient (Wildman–Crippen LogP) is 13.0. The maximum atomic E-state index is 13.8. The summed E-state index contributed by atoms with van der Waals surface area (Å²) < 4.78 is 75.9. The first-order valence-corrected chi connectivity index (χ1v) is 25.7. The molecular formula is C58H86F4N2O6Ti. The minimum atomic E-state index is -0.704. The summed E-state index contributed by atoms with van der Waals surface area (Å²) >= 11 is 0. The molecule has 0 fully saturated rings. The van der Waals surface area contributed by atoms with E-state index in [0.717, 1.165) is 77.4 Å². The van der Waals surface area contributed by atoms with E-state index in [-0.39, 0.29) is 33.5 Å². The molecule has 0 radical (unpaired) electrons. The van der Waals surface area contributed by atoms with Crippen molar-refractivity contribution >= 4 is 11.8 Å². The first-order chi connectivity index (χ1) is 33.6. The molecule has 8 nitrogen and oxygen atoms in total. The molecule has 0 aliphatic heterocycles. The first-order valence-electron chi connectivity index (χ1n) is 25.7. The van der Waals surface area contributed by atoms with Crippen LogP contribution in [-0.4, -0.2) is 101 Å². The number of unbranched alkanes of at least 4 members (excludes halogenated alkanes) is 2. The molecule has 4 rings (SSSR count). The number of allylic oxidation sites excluding steroid dienone is 8. The van der Waals surface area contributed by atoms with Gasteiger partial charge in [0, 0.05) is 73.5 Å². The van der Waals surface area contributed by atoms with Gasteiger partial charge in [-0.05, 0) is 38.5 Å². The molecule has 0 N–H and O–H groups in total. The summed E-state index contributed by atoms with van der Waals surface area (Å²) in [5, 5.41) is 0. The van der Waals surface area contributed by atoms with E-state index in [9.17, 15) is 27.2 Å². The Bertz CT molecular complexity index is 1670. The van der Waals surface area contributed by atoms with E-state index in [0.29, 0.717) is 103 Å². The van der Waals surface area contributed by atoms with Crippen LogP contribution in [0.15, 0.2) is 60.7 Å². The second kappa shape index (κ2) is 42.0. The van der Waals surface area contributed by atoms with E-state index >= 15 is 0 Å². The molecule has 0 aromatic heterocycles. The molecule has 2 aromatic carbocycles. The van der Waals surface area contributed by atoms with Gasteiger partial charge in [-0.15, -0.1) is 48.2 Å². The van der Waals surface area contributed by atoms with Gasteiger partial charge in [-0.1, -0.05) is 93.9 Å². The van der Waals surface area contributed by atoms with Gasteiger partial charge in [0.15, 0.2) is 0 Å². The third kappa shape index (κ3) is 32.4. The van der Waals surface area contributed by atoms with Crippen LogP contribution in [0.3, 0.4) is 0 Å². The molecule has 13 heteroatoms. The monoisotopic (exact) mass is 1030 g/mol. The van der Waals surface area contributed by atoms with Gasteiger partial charge in [-0.25, -0.2) is 41.9 Å². The average Bonchev–Trinajstić information content (AvgIpc) is 4.12. The second-order valence-corrected chi connectivity index (χ2v) is 18.5. The Kier molecular flexibility index (Phi) is 40.0. The quantitative estimate of drug-likeness (QED) is 0.0314. The number of hydrogen-bond acceptors (Lipinski definition) is 6. The van der Waals surface area contributed by atoms with Crippen molar-refractivity contribution in [2.75, 3.05) is 79.0 Å². The number of carbonyl (C=O) groups excluding carboxylic acids is 2. The molecular weight excluding hydrogens is 945 g/mol. The zero-order chi connectivity index (χ0) is 51.9. The number of aryl methyl sites for hydroxylation is 2. The minimum Gasteiger partial charge on any atom is -0.379 e. The fourth-order valence-electron chi connectivity index (χ4n) is 7.37. The summed E-state index contributed by atoms with van der Waals surface area (Å²) in [5.41, 5.74) is -0.0750. The van der Waals surface area contributed by atoms with Crippen LogP contribution in [0, 0.1) is 58.4 Å². The van der Waals surface area contributed by atoms with Crippen molar-refractivity contribution in [3.05, 3.63) is 119 Å². The van der Waals surface area contributed by atoms with Gasteiger partial charge in [-0.3, -0.25) is 21.7 Å². The van der Waals surface area contributed by atoms with Gasteiger partial charge in [0.05, 0.1) is 39.6 Å². The van der Waals surface area contributed by atoms with Crippen LogP contribution in [0.5, 0.6) is 0 Å². The number of hydrogen-bond donors (Lipinski definition) is 0. The van der Waals surface area contributed by atoms with Crippen LogP contribution in [0.1, 0.15) is 144 Å². The zero-order valence-corrected chi connectivity index (χ0v) is 46.1. The summed E-state index contributed by atoms with van der Waals surface area (Å²) in [6, 6.07) is 9.42. The molecule has 2 aliphatic rings. The predicted molar refractivity (Wildman–Crippen MR) is 274 cm³/mol. The topological polar surface area (TPSA) is 77.5 Å². The Balaban J connectivity index is 0.00000113. The molecule has 0 atom stereocenters. The summed E-state index contributed by atoms with van der Waals surface area (Å²) in [4.78, 5) is 29.7. The molecule has 0 spiro atoms. The normalized spacial score (nSPS) is 12.3. The van der Waals surface area contributed by atoms with Gasteiger partial charge >= 0.3 is 21.7 Å². The molecule has 2 amide bonds. The Hall–Kier alpha value is -3.39. The summed E-state index contributed by atoms with van der Waals surface area (Å²) in [7, 11) is 0. The molecule has 2 aromatic rings. The maximum Gasteiger partial charge on any atom is 4.00 e. The first kappa shape index (κ1) is 67.6. The van der Waals surface area contributed by atoms with Crippen molar-refractivity contribution in [3.63, 3.8) is 0 Å². The molecule has 71 heavy (non-hydrogen) atoms. The maximum absolute atomic E-state index is 13.8. The van der Waals surface area contributed by atoms with Crippen molar-refractivity contribution in [3.8, 4) is 0 Å². The number of halogens is 4. The van der Waals surface area contributed by atoms with E-state index in [1.54, 1.807) is 9.80 Å². The fourth-order valence-corrected chi connectivity index (χ4v) is 7.37. The number of amides is 2. The van der Waals surface area contributed by atoms with Crippen LogP contribution in [0.4, 0.5) is 17.6 Å². The number of rotatable bonds is 32. The number of ether oxygens (including phenoxy) is 4. The number of nitrogens with zero attached hydrogens (tertiary/aromatic N) is 2. The van der Waals surface area contributed by atoms with Crippen molar-refractivity contribution < 1.29 is 67.8 Å². The third-order valence-corrected chi connectivity index (χ3v) is 11.3. The van der Waals surface area contributed by atoms with Crippen molar-refractivity contribution in [1.82, 2.24) is 9.80 Å². The Morgan fingerprint density at radius 3 is 1.17 bits per heavy atom. The van der Waals surface area contributed by atoms with E-state index < -0.39 is 34.1 Å². The van der Waals surface area contributed by atoms with E-state index in [2.05, 4.69) is 64.1 Å². The second-order valence-electron chi connectivity index (χ2n) is 18.5. The smallest absolute Gasteiger partial charge is 0.379 e. The van der Waals surface area contributed by atoms with Gasteiger partial charge in [-0.2, -0.15) is 24.3 Å². The van der Waals surface area contributed by atoms with Crippen molar-refractivity contribution in [1.29, 1.82) is 0 Å². The van der Waals surface area contributed by atoms with Gasteiger partial charge in [0.25, 0.3) is 0 Å². The molecule has 0 bridgehead atoms. The molecule has 396 valence electrons. The van der Waals surface area contributed by atoms with Crippen molar-refractivity contribution in [2.45, 2.75) is 145 Å². The minimum absolute atomic E-state index is 0. The third-order valence-electron chi connectivity index (χ3n) is 11.3. The summed E-state index contributed by atoms with van der Waals surface area (Å²) in [6.45, 7) is 22.6. The van der Waals surface area contributed by atoms with Gasteiger partial charge < -0.3 is 28.7 Å². The zero-order valence-electron chi connectivity index (χ0n) is 44.5. The van der Waals surface area contributed by atoms with Crippen LogP contribution in [0.2, 0.25) is 0 Å². The largest absolute Gasteiger partial charge is 4.00 e. The van der Waals surface area contributed by atoms with Crippen LogP contribution in [-0.2, 0) is 63.1 Å². The Labute approximate surface area is 441 Å². The SMILES string of the molecule is CCCCOCCOCCN(CCCc1ccc(F)[c-]c1F)C(=O)C(C)(C)CCC.CCCCOCCOCCN(CCCc1ccc(F)[c-]c1F)C(=O)C(C)(C)CCC.[C-]1=CC=CC1.[C-]1=CC=CC1.[Ti+4]. The molecule has 0 unspecified atom stereocenters. The summed E-state index contributed by atoms with van der Waals surface area (Å²) in [5.74, 6) is -2.57. The average molecular weight is 1030 g/mol. The van der Waals surface area contributed by atoms with Crippen molar-refractivity contribution in [2.24, 2.45) is 10.8 Å². The molecule has 0 heterocycles. The van der Waals surface area contributed by atoms with E-state index in [4.69, 9.17) is 18.9 Å². The Morgan fingerprint density at radius 1 is 0.521 bits per heavy atom. The van der Waals surface area contributed by atoms with Gasteiger partial charge in [0.2, 0.25) is 11.8 Å². The summed E-state index contributed by atoms with van der Waals surface area (Å²) in [6.07, 6.45) is 29.8. The van der Waals surface area contributed by atoms with Crippen LogP contribution < -0.4 is 0 Å².